The summed E-state index contributed by atoms with van der Waals surface area (Å²) in [6, 6.07) is 30.7. The van der Waals surface area contributed by atoms with E-state index in [0.29, 0.717) is 29.7 Å². The summed E-state index contributed by atoms with van der Waals surface area (Å²) >= 11 is 6.28. The molecular weight excluding hydrogens is 510 g/mol. The zero-order chi connectivity index (χ0) is 26.6. The van der Waals surface area contributed by atoms with E-state index >= 15 is 0 Å². The normalized spacial score (nSPS) is 13.3. The van der Waals surface area contributed by atoms with Crippen LogP contribution in [0.25, 0.3) is 22.2 Å². The molecule has 1 aromatic heterocycles. The molecule has 1 saturated heterocycles. The first kappa shape index (κ1) is 24.9. The zero-order valence-corrected chi connectivity index (χ0v) is 21.9. The van der Waals surface area contributed by atoms with Gasteiger partial charge in [0.25, 0.3) is 5.91 Å². The number of amides is 1. The standard InChI is InChI=1S/C31H26ClN5O2/c32-23-12-15-26-25(20-23)29(21-6-2-1-3-7-21)36-31(35-26)33-24-13-10-22(11-14-24)30(38)34-27-8-4-5-9-28(27)37-16-18-39-19-17-37/h1-15,20H,16-19H2,(H,34,38)(H,33,35,36). The number of aromatic nitrogens is 2. The van der Waals surface area contributed by atoms with Crippen LogP contribution in [0.4, 0.5) is 23.0 Å². The molecule has 8 heteroatoms. The summed E-state index contributed by atoms with van der Waals surface area (Å²) in [4.78, 5) is 24.8. The van der Waals surface area contributed by atoms with Gasteiger partial charge in [-0.1, -0.05) is 54.1 Å². The number of benzene rings is 4. The predicted octanol–water partition coefficient (Wildman–Crippen LogP) is 6.78. The maximum Gasteiger partial charge on any atom is 0.255 e. The molecule has 7 nitrogen and oxygen atoms in total. The van der Waals surface area contributed by atoms with Crippen molar-refractivity contribution in [3.8, 4) is 11.3 Å². The first-order chi connectivity index (χ1) is 19.1. The maximum atomic E-state index is 13.1. The lowest BCUT2D eigenvalue weighted by Crippen LogP contribution is -2.36. The van der Waals surface area contributed by atoms with Crippen LogP contribution in [0.2, 0.25) is 5.02 Å². The molecule has 5 aromatic rings. The van der Waals surface area contributed by atoms with E-state index in [1.54, 1.807) is 12.1 Å². The third kappa shape index (κ3) is 5.55. The molecule has 6 rings (SSSR count). The lowest BCUT2D eigenvalue weighted by atomic mass is 10.1. The SMILES string of the molecule is O=C(Nc1ccccc1N1CCOCC1)c1ccc(Nc2nc(-c3ccccc3)c3cc(Cl)ccc3n2)cc1. The van der Waals surface area contributed by atoms with Crippen molar-refractivity contribution in [1.82, 2.24) is 9.97 Å². The van der Waals surface area contributed by atoms with E-state index in [1.807, 2.05) is 84.9 Å². The Balaban J connectivity index is 1.22. The van der Waals surface area contributed by atoms with Crippen molar-refractivity contribution in [1.29, 1.82) is 0 Å². The lowest BCUT2D eigenvalue weighted by Gasteiger charge is -2.30. The van der Waals surface area contributed by atoms with Crippen molar-refractivity contribution in [2.45, 2.75) is 0 Å². The minimum atomic E-state index is -0.174. The summed E-state index contributed by atoms with van der Waals surface area (Å²) in [5, 5.41) is 7.86. The molecule has 39 heavy (non-hydrogen) atoms. The van der Waals surface area contributed by atoms with Crippen molar-refractivity contribution < 1.29 is 9.53 Å². The number of fused-ring (bicyclic) bond motifs is 1. The Labute approximate surface area is 231 Å². The minimum absolute atomic E-state index is 0.174. The third-order valence-electron chi connectivity index (χ3n) is 6.61. The van der Waals surface area contributed by atoms with Crippen LogP contribution in [0.1, 0.15) is 10.4 Å². The number of nitrogens with zero attached hydrogens (tertiary/aromatic N) is 3. The molecule has 0 saturated carbocycles. The third-order valence-corrected chi connectivity index (χ3v) is 6.85. The Morgan fingerprint density at radius 1 is 0.846 bits per heavy atom. The highest BCUT2D eigenvalue weighted by Gasteiger charge is 2.17. The van der Waals surface area contributed by atoms with Crippen molar-refractivity contribution >= 4 is 51.4 Å². The summed E-state index contributed by atoms with van der Waals surface area (Å²) < 4.78 is 5.47. The number of halogens is 1. The first-order valence-electron chi connectivity index (χ1n) is 12.8. The number of para-hydroxylation sites is 2. The fraction of sp³-hybridized carbons (Fsp3) is 0.129. The summed E-state index contributed by atoms with van der Waals surface area (Å²) in [6.07, 6.45) is 0. The van der Waals surface area contributed by atoms with E-state index < -0.39 is 0 Å². The van der Waals surface area contributed by atoms with Crippen LogP contribution in [0.3, 0.4) is 0 Å². The number of carbonyl (C=O) groups excluding carboxylic acids is 1. The van der Waals surface area contributed by atoms with Gasteiger partial charge in [-0.2, -0.15) is 0 Å². The van der Waals surface area contributed by atoms with Gasteiger partial charge >= 0.3 is 0 Å². The van der Waals surface area contributed by atoms with Crippen molar-refractivity contribution in [3.05, 3.63) is 108 Å². The van der Waals surface area contributed by atoms with Crippen molar-refractivity contribution in [3.63, 3.8) is 0 Å². The first-order valence-corrected chi connectivity index (χ1v) is 13.1. The molecule has 0 bridgehead atoms. The molecule has 1 amide bonds. The van der Waals surface area contributed by atoms with E-state index in [1.165, 1.54) is 0 Å². The van der Waals surface area contributed by atoms with Gasteiger partial charge in [0.1, 0.15) is 0 Å². The summed E-state index contributed by atoms with van der Waals surface area (Å²) in [6.45, 7) is 2.95. The van der Waals surface area contributed by atoms with Crippen LogP contribution in [-0.4, -0.2) is 42.2 Å². The number of rotatable bonds is 6. The fourth-order valence-electron chi connectivity index (χ4n) is 4.66. The maximum absolute atomic E-state index is 13.1. The van der Waals surface area contributed by atoms with E-state index in [-0.39, 0.29) is 5.91 Å². The van der Waals surface area contributed by atoms with E-state index in [4.69, 9.17) is 26.3 Å². The van der Waals surface area contributed by atoms with Crippen LogP contribution in [0, 0.1) is 0 Å². The van der Waals surface area contributed by atoms with Gasteiger partial charge in [-0.05, 0) is 54.6 Å². The van der Waals surface area contributed by atoms with E-state index in [9.17, 15) is 4.79 Å². The molecule has 194 valence electrons. The largest absolute Gasteiger partial charge is 0.378 e. The molecule has 2 heterocycles. The van der Waals surface area contributed by atoms with Gasteiger partial charge in [-0.25, -0.2) is 9.97 Å². The van der Waals surface area contributed by atoms with Crippen molar-refractivity contribution in [2.75, 3.05) is 41.8 Å². The molecule has 0 radical (unpaired) electrons. The van der Waals surface area contributed by atoms with Crippen LogP contribution in [0.15, 0.2) is 97.1 Å². The Kier molecular flexibility index (Phi) is 7.08. The van der Waals surface area contributed by atoms with Crippen molar-refractivity contribution in [2.24, 2.45) is 0 Å². The van der Waals surface area contributed by atoms with Gasteiger partial charge in [-0.15, -0.1) is 0 Å². The summed E-state index contributed by atoms with van der Waals surface area (Å²) in [5.41, 5.74) is 5.65. The fourth-order valence-corrected chi connectivity index (χ4v) is 4.83. The quantitative estimate of drug-likeness (QED) is 0.249. The highest BCUT2D eigenvalue weighted by Crippen LogP contribution is 2.30. The Morgan fingerprint density at radius 2 is 1.59 bits per heavy atom. The second kappa shape index (κ2) is 11.1. The number of hydrogen-bond acceptors (Lipinski definition) is 6. The molecule has 0 atom stereocenters. The Bertz CT molecular complexity index is 1620. The number of nitrogens with one attached hydrogen (secondary N) is 2. The smallest absolute Gasteiger partial charge is 0.255 e. The molecule has 0 unspecified atom stereocenters. The number of anilines is 4. The number of carbonyl (C=O) groups is 1. The molecule has 1 aliphatic heterocycles. The molecule has 2 N–H and O–H groups in total. The number of hydrogen-bond donors (Lipinski definition) is 2. The monoisotopic (exact) mass is 535 g/mol. The van der Waals surface area contributed by atoms with Crippen LogP contribution in [0.5, 0.6) is 0 Å². The molecule has 1 aliphatic rings. The number of morpholine rings is 1. The second-order valence-electron chi connectivity index (χ2n) is 9.20. The van der Waals surface area contributed by atoms with E-state index in [0.717, 1.165) is 52.3 Å². The average Bonchev–Trinajstić information content (AvgIpc) is 2.98. The second-order valence-corrected chi connectivity index (χ2v) is 9.63. The molecule has 0 aliphatic carbocycles. The highest BCUT2D eigenvalue weighted by molar-refractivity contribution is 6.31. The van der Waals surface area contributed by atoms with Gasteiger partial charge in [0.15, 0.2) is 0 Å². The van der Waals surface area contributed by atoms with Gasteiger partial charge in [0, 0.05) is 40.3 Å². The van der Waals surface area contributed by atoms with Crippen LogP contribution in [-0.2, 0) is 4.74 Å². The van der Waals surface area contributed by atoms with Crippen LogP contribution < -0.4 is 15.5 Å². The number of ether oxygens (including phenoxy) is 1. The molecule has 4 aromatic carbocycles. The zero-order valence-electron chi connectivity index (χ0n) is 21.1. The van der Waals surface area contributed by atoms with Gasteiger partial charge in [0.05, 0.1) is 35.8 Å². The van der Waals surface area contributed by atoms with E-state index in [2.05, 4.69) is 15.5 Å². The van der Waals surface area contributed by atoms with Gasteiger partial charge < -0.3 is 20.3 Å². The lowest BCUT2D eigenvalue weighted by molar-refractivity contribution is 0.102. The van der Waals surface area contributed by atoms with Gasteiger partial charge in [-0.3, -0.25) is 4.79 Å². The highest BCUT2D eigenvalue weighted by atomic mass is 35.5. The topological polar surface area (TPSA) is 79.4 Å². The Hall–Kier alpha value is -4.46. The minimum Gasteiger partial charge on any atom is -0.378 e. The average molecular weight is 536 g/mol. The predicted molar refractivity (Wildman–Crippen MR) is 157 cm³/mol. The summed E-state index contributed by atoms with van der Waals surface area (Å²) in [5.74, 6) is 0.285. The molecule has 1 fully saturated rings. The summed E-state index contributed by atoms with van der Waals surface area (Å²) in [7, 11) is 0. The molecule has 0 spiro atoms. The van der Waals surface area contributed by atoms with Crippen LogP contribution >= 0.6 is 11.6 Å². The molecular formula is C31H26ClN5O2. The van der Waals surface area contributed by atoms with Gasteiger partial charge in [0.2, 0.25) is 5.95 Å². The Morgan fingerprint density at radius 3 is 2.38 bits per heavy atom.